The number of rotatable bonds is 3. The summed E-state index contributed by atoms with van der Waals surface area (Å²) in [5.74, 6) is 0.814. The third kappa shape index (κ3) is 3.14. The van der Waals surface area contributed by atoms with E-state index in [9.17, 15) is 0 Å². The molecule has 0 N–H and O–H groups in total. The summed E-state index contributed by atoms with van der Waals surface area (Å²) in [6.45, 7) is 0. The van der Waals surface area contributed by atoms with Crippen LogP contribution < -0.4 is 0 Å². The number of thioether (sulfide) groups is 1. The van der Waals surface area contributed by atoms with Crippen molar-refractivity contribution in [1.29, 1.82) is 0 Å². The predicted octanol–water partition coefficient (Wildman–Crippen LogP) is 4.68. The van der Waals surface area contributed by atoms with E-state index in [-0.39, 0.29) is 0 Å². The molecule has 82 valence electrons. The van der Waals surface area contributed by atoms with Crippen molar-refractivity contribution in [2.75, 3.05) is 0 Å². The second-order valence-electron chi connectivity index (χ2n) is 3.19. The first-order valence-electron chi connectivity index (χ1n) is 4.73. The van der Waals surface area contributed by atoms with E-state index in [0.29, 0.717) is 5.02 Å². The largest absolute Gasteiger partial charge is 0.248 e. The Morgan fingerprint density at radius 1 is 1.06 bits per heavy atom. The Balaban J connectivity index is 2.02. The molecule has 1 aromatic heterocycles. The number of aromatic nitrogens is 1. The Bertz CT molecular complexity index is 471. The van der Waals surface area contributed by atoms with Gasteiger partial charge in [0.15, 0.2) is 0 Å². The van der Waals surface area contributed by atoms with Gasteiger partial charge < -0.3 is 0 Å². The first-order valence-corrected chi connectivity index (χ1v) is 6.47. The molecule has 0 radical (unpaired) electrons. The highest BCUT2D eigenvalue weighted by atomic mass is 35.5. The number of benzene rings is 1. The topological polar surface area (TPSA) is 12.9 Å². The van der Waals surface area contributed by atoms with Gasteiger partial charge in [-0.25, -0.2) is 4.98 Å². The maximum atomic E-state index is 6.06. The molecule has 16 heavy (non-hydrogen) atoms. The van der Waals surface area contributed by atoms with Gasteiger partial charge in [0.2, 0.25) is 0 Å². The van der Waals surface area contributed by atoms with Crippen molar-refractivity contribution < 1.29 is 0 Å². The predicted molar refractivity (Wildman–Crippen MR) is 70.3 cm³/mol. The summed E-state index contributed by atoms with van der Waals surface area (Å²) < 4.78 is 0. The molecule has 0 unspecified atom stereocenters. The fourth-order valence-electron chi connectivity index (χ4n) is 1.21. The standard InChI is InChI=1S/C12H9Cl2NS/c13-10-5-6-12(15-7-10)16-8-9-3-1-2-4-11(9)14/h1-7H,8H2. The maximum Gasteiger partial charge on any atom is 0.0964 e. The summed E-state index contributed by atoms with van der Waals surface area (Å²) in [5, 5.41) is 2.40. The molecule has 0 fully saturated rings. The number of hydrogen-bond donors (Lipinski definition) is 0. The van der Waals surface area contributed by atoms with Crippen molar-refractivity contribution in [1.82, 2.24) is 4.98 Å². The van der Waals surface area contributed by atoms with E-state index < -0.39 is 0 Å². The van der Waals surface area contributed by atoms with Crippen molar-refractivity contribution in [3.63, 3.8) is 0 Å². The van der Waals surface area contributed by atoms with Crippen LogP contribution in [0.3, 0.4) is 0 Å². The van der Waals surface area contributed by atoms with Gasteiger partial charge in [0.25, 0.3) is 0 Å². The third-order valence-corrected chi connectivity index (χ3v) is 3.62. The number of hydrogen-bond acceptors (Lipinski definition) is 2. The highest BCUT2D eigenvalue weighted by molar-refractivity contribution is 7.98. The van der Waals surface area contributed by atoms with Crippen molar-refractivity contribution in [2.24, 2.45) is 0 Å². The number of pyridine rings is 1. The van der Waals surface area contributed by atoms with Crippen LogP contribution in [0.2, 0.25) is 10.0 Å². The van der Waals surface area contributed by atoms with Crippen LogP contribution in [0.4, 0.5) is 0 Å². The molecular formula is C12H9Cl2NS. The highest BCUT2D eigenvalue weighted by Crippen LogP contribution is 2.25. The zero-order valence-corrected chi connectivity index (χ0v) is 10.7. The Labute approximate surface area is 109 Å². The summed E-state index contributed by atoms with van der Waals surface area (Å²) >= 11 is 13.5. The lowest BCUT2D eigenvalue weighted by atomic mass is 10.2. The molecule has 2 rings (SSSR count). The number of nitrogens with zero attached hydrogens (tertiary/aromatic N) is 1. The normalized spacial score (nSPS) is 10.4. The molecule has 0 bridgehead atoms. The molecule has 1 nitrogen and oxygen atoms in total. The van der Waals surface area contributed by atoms with E-state index in [1.165, 1.54) is 0 Å². The van der Waals surface area contributed by atoms with Crippen molar-refractivity contribution in [3.05, 3.63) is 58.2 Å². The molecule has 0 saturated carbocycles. The van der Waals surface area contributed by atoms with E-state index >= 15 is 0 Å². The molecule has 2 aromatic rings. The molecular weight excluding hydrogens is 261 g/mol. The smallest absolute Gasteiger partial charge is 0.0964 e. The fourth-order valence-corrected chi connectivity index (χ4v) is 2.45. The van der Waals surface area contributed by atoms with Gasteiger partial charge >= 0.3 is 0 Å². The molecule has 0 amide bonds. The summed E-state index contributed by atoms with van der Waals surface area (Å²) in [6, 6.07) is 11.6. The van der Waals surface area contributed by atoms with Crippen LogP contribution in [0, 0.1) is 0 Å². The fraction of sp³-hybridized carbons (Fsp3) is 0.0833. The molecule has 1 aromatic carbocycles. The molecule has 0 aliphatic rings. The van der Waals surface area contributed by atoms with Crippen LogP contribution in [0.15, 0.2) is 47.6 Å². The Kier molecular flexibility index (Phi) is 4.10. The van der Waals surface area contributed by atoms with Gasteiger partial charge in [-0.15, -0.1) is 11.8 Å². The molecule has 0 aliphatic carbocycles. The second kappa shape index (κ2) is 5.58. The van der Waals surface area contributed by atoms with Crippen LogP contribution in [0.5, 0.6) is 0 Å². The minimum absolute atomic E-state index is 0.655. The average molecular weight is 270 g/mol. The van der Waals surface area contributed by atoms with Gasteiger partial charge in [0.1, 0.15) is 0 Å². The minimum Gasteiger partial charge on any atom is -0.248 e. The van der Waals surface area contributed by atoms with Gasteiger partial charge in [-0.05, 0) is 23.8 Å². The van der Waals surface area contributed by atoms with Gasteiger partial charge in [-0.2, -0.15) is 0 Å². The average Bonchev–Trinajstić information content (AvgIpc) is 2.30. The molecule has 1 heterocycles. The Morgan fingerprint density at radius 3 is 2.56 bits per heavy atom. The van der Waals surface area contributed by atoms with Crippen molar-refractivity contribution in [2.45, 2.75) is 10.8 Å². The Hall–Kier alpha value is -0.700. The van der Waals surface area contributed by atoms with Crippen LogP contribution >= 0.6 is 35.0 Å². The lowest BCUT2D eigenvalue weighted by Gasteiger charge is -2.03. The molecule has 0 aliphatic heterocycles. The first kappa shape index (κ1) is 11.8. The third-order valence-electron chi connectivity index (χ3n) is 2.03. The van der Waals surface area contributed by atoms with E-state index in [0.717, 1.165) is 21.4 Å². The van der Waals surface area contributed by atoms with Crippen molar-refractivity contribution in [3.8, 4) is 0 Å². The maximum absolute atomic E-state index is 6.06. The Morgan fingerprint density at radius 2 is 1.88 bits per heavy atom. The van der Waals surface area contributed by atoms with Crippen LogP contribution in [-0.4, -0.2) is 4.98 Å². The molecule has 0 spiro atoms. The summed E-state index contributed by atoms with van der Waals surface area (Å²) in [4.78, 5) is 4.21. The van der Waals surface area contributed by atoms with Gasteiger partial charge in [0.05, 0.1) is 10.0 Å². The minimum atomic E-state index is 0.655. The van der Waals surface area contributed by atoms with Crippen LogP contribution in [-0.2, 0) is 5.75 Å². The quantitative estimate of drug-likeness (QED) is 0.751. The molecule has 0 atom stereocenters. The van der Waals surface area contributed by atoms with E-state index in [4.69, 9.17) is 23.2 Å². The zero-order chi connectivity index (χ0) is 11.4. The molecule has 4 heteroatoms. The number of halogens is 2. The van der Waals surface area contributed by atoms with Gasteiger partial charge in [-0.3, -0.25) is 0 Å². The lowest BCUT2D eigenvalue weighted by molar-refractivity contribution is 1.13. The SMILES string of the molecule is Clc1ccc(SCc2ccccc2Cl)nc1. The first-order chi connectivity index (χ1) is 7.75. The lowest BCUT2D eigenvalue weighted by Crippen LogP contribution is -1.83. The van der Waals surface area contributed by atoms with Crippen LogP contribution in [0.1, 0.15) is 5.56 Å². The highest BCUT2D eigenvalue weighted by Gasteiger charge is 2.01. The zero-order valence-electron chi connectivity index (χ0n) is 8.36. The van der Waals surface area contributed by atoms with Gasteiger partial charge in [0, 0.05) is 17.0 Å². The van der Waals surface area contributed by atoms with E-state index in [2.05, 4.69) is 4.98 Å². The molecule has 0 saturated heterocycles. The summed E-state index contributed by atoms with van der Waals surface area (Å²) in [6.07, 6.45) is 1.65. The van der Waals surface area contributed by atoms with Gasteiger partial charge in [-0.1, -0.05) is 41.4 Å². The van der Waals surface area contributed by atoms with E-state index in [1.807, 2.05) is 36.4 Å². The monoisotopic (exact) mass is 269 g/mol. The summed E-state index contributed by atoms with van der Waals surface area (Å²) in [7, 11) is 0. The second-order valence-corrected chi connectivity index (χ2v) is 5.03. The summed E-state index contributed by atoms with van der Waals surface area (Å²) in [5.41, 5.74) is 1.12. The van der Waals surface area contributed by atoms with Crippen molar-refractivity contribution >= 4 is 35.0 Å². The van der Waals surface area contributed by atoms with E-state index in [1.54, 1.807) is 18.0 Å². The van der Waals surface area contributed by atoms with Crippen LogP contribution in [0.25, 0.3) is 0 Å².